The second kappa shape index (κ2) is 6.50. The Kier molecular flexibility index (Phi) is 4.47. The van der Waals surface area contributed by atoms with Gasteiger partial charge in [0.2, 0.25) is 0 Å². The third kappa shape index (κ3) is 2.79. The summed E-state index contributed by atoms with van der Waals surface area (Å²) < 4.78 is 1.22. The van der Waals surface area contributed by atoms with E-state index in [1.807, 2.05) is 0 Å². The fourth-order valence-electron chi connectivity index (χ4n) is 3.10. The average Bonchev–Trinajstić information content (AvgIpc) is 2.98. The van der Waals surface area contributed by atoms with Crippen molar-refractivity contribution in [2.45, 2.75) is 44.6 Å². The molecule has 0 aliphatic heterocycles. The lowest BCUT2D eigenvalue weighted by Gasteiger charge is -2.35. The molecule has 0 bridgehead atoms. The summed E-state index contributed by atoms with van der Waals surface area (Å²) in [4.78, 5) is 11.4. The van der Waals surface area contributed by atoms with Crippen molar-refractivity contribution in [2.75, 3.05) is 18.0 Å². The molecule has 2 aromatic rings. The molecule has 1 fully saturated rings. The Bertz CT molecular complexity index is 548. The van der Waals surface area contributed by atoms with Crippen LogP contribution >= 0.6 is 11.3 Å². The summed E-state index contributed by atoms with van der Waals surface area (Å²) >= 11 is 1.74. The molecule has 2 heterocycles. The van der Waals surface area contributed by atoms with Crippen LogP contribution in [0.3, 0.4) is 0 Å². The minimum atomic E-state index is 0.621. The van der Waals surface area contributed by atoms with Gasteiger partial charge in [-0.2, -0.15) is 0 Å². The molecule has 0 amide bonds. The fraction of sp³-hybridized carbons (Fsp3) is 0.600. The first-order chi connectivity index (χ1) is 9.90. The highest BCUT2D eigenvalue weighted by Crippen LogP contribution is 2.32. The molecule has 2 aromatic heterocycles. The smallest absolute Gasteiger partial charge is 0.150 e. The van der Waals surface area contributed by atoms with Crippen molar-refractivity contribution in [3.8, 4) is 0 Å². The van der Waals surface area contributed by atoms with E-state index in [4.69, 9.17) is 5.73 Å². The lowest BCUT2D eigenvalue weighted by Crippen LogP contribution is -2.39. The van der Waals surface area contributed by atoms with Crippen LogP contribution in [-0.4, -0.2) is 29.1 Å². The molecule has 5 heteroatoms. The third-order valence-corrected chi connectivity index (χ3v) is 5.01. The summed E-state index contributed by atoms with van der Waals surface area (Å²) in [6.45, 7) is 1.74. The van der Waals surface area contributed by atoms with Gasteiger partial charge in [0.25, 0.3) is 0 Å². The SMILES string of the molecule is NCCCN(c1ncnc2ccsc12)C1CCCCC1. The zero-order valence-corrected chi connectivity index (χ0v) is 12.6. The van der Waals surface area contributed by atoms with Crippen LogP contribution < -0.4 is 10.6 Å². The molecule has 0 atom stereocenters. The van der Waals surface area contributed by atoms with Gasteiger partial charge in [-0.25, -0.2) is 9.97 Å². The van der Waals surface area contributed by atoms with Crippen LogP contribution in [0, 0.1) is 0 Å². The molecule has 0 unspecified atom stereocenters. The van der Waals surface area contributed by atoms with Gasteiger partial charge in [0.1, 0.15) is 12.1 Å². The maximum absolute atomic E-state index is 5.72. The molecule has 1 saturated carbocycles. The molecule has 0 saturated heterocycles. The average molecular weight is 290 g/mol. The predicted octanol–water partition coefficient (Wildman–Crippen LogP) is 3.18. The first-order valence-corrected chi connectivity index (χ1v) is 8.43. The van der Waals surface area contributed by atoms with Crippen molar-refractivity contribution in [2.24, 2.45) is 5.73 Å². The summed E-state index contributed by atoms with van der Waals surface area (Å²) in [6.07, 6.45) is 9.32. The third-order valence-electron chi connectivity index (χ3n) is 4.12. The van der Waals surface area contributed by atoms with Crippen LogP contribution in [0.2, 0.25) is 0 Å². The summed E-state index contributed by atoms with van der Waals surface area (Å²) in [5.74, 6) is 1.12. The van der Waals surface area contributed by atoms with Crippen LogP contribution in [0.4, 0.5) is 5.82 Å². The lowest BCUT2D eigenvalue weighted by atomic mass is 9.94. The van der Waals surface area contributed by atoms with E-state index in [2.05, 4.69) is 26.3 Å². The van der Waals surface area contributed by atoms with E-state index in [0.717, 1.165) is 30.8 Å². The molecule has 2 N–H and O–H groups in total. The van der Waals surface area contributed by atoms with Gasteiger partial charge in [-0.1, -0.05) is 19.3 Å². The van der Waals surface area contributed by atoms with Gasteiger partial charge in [0, 0.05) is 12.6 Å². The fourth-order valence-corrected chi connectivity index (χ4v) is 3.95. The molecule has 0 aromatic carbocycles. The Morgan fingerprint density at radius 1 is 1.25 bits per heavy atom. The number of rotatable bonds is 5. The first-order valence-electron chi connectivity index (χ1n) is 7.55. The largest absolute Gasteiger partial charge is 0.352 e. The maximum atomic E-state index is 5.72. The van der Waals surface area contributed by atoms with Gasteiger partial charge >= 0.3 is 0 Å². The summed E-state index contributed by atoms with van der Waals surface area (Å²) in [5.41, 5.74) is 6.78. The van der Waals surface area contributed by atoms with Gasteiger partial charge in [-0.15, -0.1) is 11.3 Å². The van der Waals surface area contributed by atoms with Crippen LogP contribution in [0.25, 0.3) is 10.2 Å². The van der Waals surface area contributed by atoms with Gasteiger partial charge < -0.3 is 10.6 Å². The van der Waals surface area contributed by atoms with Crippen LogP contribution in [0.5, 0.6) is 0 Å². The van der Waals surface area contributed by atoms with E-state index in [1.165, 1.54) is 36.8 Å². The maximum Gasteiger partial charge on any atom is 0.150 e. The highest BCUT2D eigenvalue weighted by molar-refractivity contribution is 7.17. The first kappa shape index (κ1) is 13.8. The van der Waals surface area contributed by atoms with Gasteiger partial charge in [-0.3, -0.25) is 0 Å². The number of hydrogen-bond acceptors (Lipinski definition) is 5. The van der Waals surface area contributed by atoms with Crippen molar-refractivity contribution >= 4 is 27.4 Å². The molecule has 20 heavy (non-hydrogen) atoms. The van der Waals surface area contributed by atoms with Crippen LogP contribution in [-0.2, 0) is 0 Å². The minimum Gasteiger partial charge on any atom is -0.352 e. The molecular formula is C15H22N4S. The number of anilines is 1. The van der Waals surface area contributed by atoms with Crippen molar-refractivity contribution in [1.82, 2.24) is 9.97 Å². The van der Waals surface area contributed by atoms with E-state index in [1.54, 1.807) is 17.7 Å². The Hall–Kier alpha value is -1.20. The lowest BCUT2D eigenvalue weighted by molar-refractivity contribution is 0.412. The van der Waals surface area contributed by atoms with Gasteiger partial charge in [0.15, 0.2) is 0 Å². The second-order valence-corrected chi connectivity index (χ2v) is 6.38. The summed E-state index contributed by atoms with van der Waals surface area (Å²) in [5, 5.41) is 2.10. The number of aromatic nitrogens is 2. The Labute approximate surface area is 124 Å². The van der Waals surface area contributed by atoms with E-state index >= 15 is 0 Å². The van der Waals surface area contributed by atoms with E-state index in [-0.39, 0.29) is 0 Å². The highest BCUT2D eigenvalue weighted by atomic mass is 32.1. The molecule has 0 radical (unpaired) electrons. The number of thiophene rings is 1. The Morgan fingerprint density at radius 2 is 2.10 bits per heavy atom. The van der Waals surface area contributed by atoms with Gasteiger partial charge in [0.05, 0.1) is 10.2 Å². The van der Waals surface area contributed by atoms with Crippen molar-refractivity contribution < 1.29 is 0 Å². The van der Waals surface area contributed by atoms with Gasteiger partial charge in [-0.05, 0) is 37.3 Å². The molecule has 0 spiro atoms. The number of nitrogens with two attached hydrogens (primary N) is 1. The van der Waals surface area contributed by atoms with Crippen LogP contribution in [0.15, 0.2) is 17.8 Å². The number of hydrogen-bond donors (Lipinski definition) is 1. The zero-order chi connectivity index (χ0) is 13.8. The van der Waals surface area contributed by atoms with E-state index in [9.17, 15) is 0 Å². The molecule has 3 rings (SSSR count). The van der Waals surface area contributed by atoms with Crippen molar-refractivity contribution in [1.29, 1.82) is 0 Å². The normalized spacial score (nSPS) is 16.6. The quantitative estimate of drug-likeness (QED) is 0.919. The summed E-state index contributed by atoms with van der Waals surface area (Å²) in [7, 11) is 0. The van der Waals surface area contributed by atoms with Crippen LogP contribution in [0.1, 0.15) is 38.5 Å². The van der Waals surface area contributed by atoms with E-state index in [0.29, 0.717) is 6.04 Å². The van der Waals surface area contributed by atoms with E-state index < -0.39 is 0 Å². The number of nitrogens with zero attached hydrogens (tertiary/aromatic N) is 3. The highest BCUT2D eigenvalue weighted by Gasteiger charge is 2.23. The molecular weight excluding hydrogens is 268 g/mol. The Morgan fingerprint density at radius 3 is 2.90 bits per heavy atom. The van der Waals surface area contributed by atoms with Crippen molar-refractivity contribution in [3.63, 3.8) is 0 Å². The molecule has 1 aliphatic carbocycles. The molecule has 1 aliphatic rings. The second-order valence-electron chi connectivity index (χ2n) is 5.46. The standard InChI is InChI=1S/C15H22N4S/c16-8-4-9-19(12-5-2-1-3-6-12)15-14-13(7-10-20-14)17-11-18-15/h7,10-12H,1-6,8-9,16H2. The number of fused-ring (bicyclic) bond motifs is 1. The minimum absolute atomic E-state index is 0.621. The predicted molar refractivity (Wildman–Crippen MR) is 85.3 cm³/mol. The molecule has 4 nitrogen and oxygen atoms in total. The summed E-state index contributed by atoms with van der Waals surface area (Å²) in [6, 6.07) is 2.70. The topological polar surface area (TPSA) is 55.0 Å². The molecule has 108 valence electrons. The van der Waals surface area contributed by atoms with Crippen molar-refractivity contribution in [3.05, 3.63) is 17.8 Å². The monoisotopic (exact) mass is 290 g/mol. The Balaban J connectivity index is 1.92. The zero-order valence-electron chi connectivity index (χ0n) is 11.8.